The fourth-order valence-corrected chi connectivity index (χ4v) is 1.26. The summed E-state index contributed by atoms with van der Waals surface area (Å²) in [4.78, 5) is 32.4. The molecule has 0 saturated carbocycles. The van der Waals surface area contributed by atoms with Gasteiger partial charge in [-0.3, -0.25) is 14.4 Å². The molecule has 0 fully saturated rings. The van der Waals surface area contributed by atoms with Crippen LogP contribution in [0.1, 0.15) is 33.6 Å². The van der Waals surface area contributed by atoms with E-state index in [-0.39, 0.29) is 12.8 Å². The van der Waals surface area contributed by atoms with Crippen molar-refractivity contribution in [1.82, 2.24) is 5.32 Å². The number of carboxylic acids is 2. The van der Waals surface area contributed by atoms with Gasteiger partial charge in [0.1, 0.15) is 6.04 Å². The topological polar surface area (TPSA) is 104 Å². The molecule has 0 saturated heterocycles. The molecule has 0 aliphatic carbocycles. The molecule has 1 unspecified atom stereocenters. The van der Waals surface area contributed by atoms with Crippen LogP contribution in [0.4, 0.5) is 0 Å². The van der Waals surface area contributed by atoms with Crippen LogP contribution in [0, 0.1) is 5.41 Å². The van der Waals surface area contributed by atoms with Gasteiger partial charge in [0.2, 0.25) is 5.91 Å². The highest BCUT2D eigenvalue weighted by molar-refractivity contribution is 5.83. The zero-order valence-corrected chi connectivity index (χ0v) is 9.61. The van der Waals surface area contributed by atoms with Crippen LogP contribution in [0.25, 0.3) is 0 Å². The van der Waals surface area contributed by atoms with Crippen LogP contribution < -0.4 is 5.32 Å². The lowest BCUT2D eigenvalue weighted by atomic mass is 9.85. The first kappa shape index (κ1) is 14.4. The van der Waals surface area contributed by atoms with Gasteiger partial charge in [0, 0.05) is 6.42 Å². The molecular weight excluding hydrogens is 214 g/mol. The van der Waals surface area contributed by atoms with Crippen molar-refractivity contribution in [2.24, 2.45) is 5.41 Å². The van der Waals surface area contributed by atoms with Gasteiger partial charge in [-0.15, -0.1) is 0 Å². The first-order valence-electron chi connectivity index (χ1n) is 4.88. The molecule has 0 bridgehead atoms. The predicted molar refractivity (Wildman–Crippen MR) is 55.9 cm³/mol. The fraction of sp³-hybridized carbons (Fsp3) is 0.700. The molecular formula is C10H17NO5. The van der Waals surface area contributed by atoms with E-state index in [1.54, 1.807) is 13.8 Å². The van der Waals surface area contributed by atoms with Crippen molar-refractivity contribution >= 4 is 17.8 Å². The Bertz CT molecular complexity index is 298. The molecule has 3 N–H and O–H groups in total. The van der Waals surface area contributed by atoms with Gasteiger partial charge in [0.25, 0.3) is 0 Å². The van der Waals surface area contributed by atoms with E-state index in [1.807, 2.05) is 0 Å². The minimum Gasteiger partial charge on any atom is -0.481 e. The Morgan fingerprint density at radius 2 is 1.69 bits per heavy atom. The minimum absolute atomic E-state index is 0.0169. The van der Waals surface area contributed by atoms with Crippen molar-refractivity contribution in [3.63, 3.8) is 0 Å². The molecule has 1 atom stereocenters. The van der Waals surface area contributed by atoms with Gasteiger partial charge in [-0.2, -0.15) is 0 Å². The van der Waals surface area contributed by atoms with Gasteiger partial charge in [-0.05, 0) is 12.3 Å². The van der Waals surface area contributed by atoms with Crippen LogP contribution in [0.3, 0.4) is 0 Å². The Morgan fingerprint density at radius 1 is 1.19 bits per heavy atom. The predicted octanol–water partition coefficient (Wildman–Crippen LogP) is 0.467. The molecule has 0 rings (SSSR count). The van der Waals surface area contributed by atoms with E-state index >= 15 is 0 Å². The maximum atomic E-state index is 11.4. The molecule has 0 aromatic heterocycles. The second kappa shape index (κ2) is 5.48. The lowest BCUT2D eigenvalue weighted by molar-refractivity contribution is -0.143. The standard InChI is InChI=1S/C10H17NO5/c1-6(9(15)16)11-7(12)4-10(2,3)5-8(13)14/h6H,4-5H2,1-3H3,(H,11,12)(H,13,14)(H,15,16). The third-order valence-corrected chi connectivity index (χ3v) is 2.02. The number of amides is 1. The average Bonchev–Trinajstić information content (AvgIpc) is 1.98. The Kier molecular flexibility index (Phi) is 4.94. The second-order valence-corrected chi connectivity index (χ2v) is 4.54. The van der Waals surface area contributed by atoms with Crippen LogP contribution >= 0.6 is 0 Å². The van der Waals surface area contributed by atoms with E-state index in [0.29, 0.717) is 0 Å². The highest BCUT2D eigenvalue weighted by Crippen LogP contribution is 2.24. The molecule has 6 heteroatoms. The summed E-state index contributed by atoms with van der Waals surface area (Å²) in [6.07, 6.45) is -0.154. The van der Waals surface area contributed by atoms with Gasteiger partial charge < -0.3 is 15.5 Å². The molecule has 6 nitrogen and oxygen atoms in total. The highest BCUT2D eigenvalue weighted by Gasteiger charge is 2.26. The number of carbonyl (C=O) groups excluding carboxylic acids is 1. The molecule has 0 aliphatic rings. The number of hydrogen-bond acceptors (Lipinski definition) is 3. The van der Waals surface area contributed by atoms with Crippen molar-refractivity contribution in [2.45, 2.75) is 39.7 Å². The van der Waals surface area contributed by atoms with Crippen molar-refractivity contribution < 1.29 is 24.6 Å². The van der Waals surface area contributed by atoms with Crippen molar-refractivity contribution in [2.75, 3.05) is 0 Å². The van der Waals surface area contributed by atoms with Gasteiger partial charge in [-0.25, -0.2) is 0 Å². The zero-order valence-electron chi connectivity index (χ0n) is 9.61. The van der Waals surface area contributed by atoms with Crippen LogP contribution in [-0.2, 0) is 14.4 Å². The number of nitrogens with one attached hydrogen (secondary N) is 1. The van der Waals surface area contributed by atoms with Gasteiger partial charge in [0.15, 0.2) is 0 Å². The van der Waals surface area contributed by atoms with Crippen LogP contribution in [0.2, 0.25) is 0 Å². The maximum Gasteiger partial charge on any atom is 0.325 e. The van der Waals surface area contributed by atoms with E-state index < -0.39 is 29.3 Å². The first-order chi connectivity index (χ1) is 7.14. The van der Waals surface area contributed by atoms with E-state index in [2.05, 4.69) is 5.32 Å². The average molecular weight is 231 g/mol. The molecule has 16 heavy (non-hydrogen) atoms. The number of rotatable bonds is 6. The second-order valence-electron chi connectivity index (χ2n) is 4.54. The first-order valence-corrected chi connectivity index (χ1v) is 4.88. The van der Waals surface area contributed by atoms with Crippen molar-refractivity contribution in [3.8, 4) is 0 Å². The van der Waals surface area contributed by atoms with E-state index in [1.165, 1.54) is 6.92 Å². The minimum atomic E-state index is -1.12. The molecule has 0 heterocycles. The number of carboxylic acid groups (broad SMARTS) is 2. The third-order valence-electron chi connectivity index (χ3n) is 2.02. The van der Waals surface area contributed by atoms with Gasteiger partial charge >= 0.3 is 11.9 Å². The Morgan fingerprint density at radius 3 is 2.06 bits per heavy atom. The molecule has 1 amide bonds. The highest BCUT2D eigenvalue weighted by atomic mass is 16.4. The Balaban J connectivity index is 4.23. The summed E-state index contributed by atoms with van der Waals surface area (Å²) >= 11 is 0. The zero-order chi connectivity index (χ0) is 12.9. The smallest absolute Gasteiger partial charge is 0.325 e. The fourth-order valence-electron chi connectivity index (χ4n) is 1.26. The number of carbonyl (C=O) groups is 3. The summed E-state index contributed by atoms with van der Waals surface area (Å²) < 4.78 is 0. The van der Waals surface area contributed by atoms with Crippen molar-refractivity contribution in [1.29, 1.82) is 0 Å². The molecule has 0 spiro atoms. The van der Waals surface area contributed by atoms with E-state index in [4.69, 9.17) is 10.2 Å². The van der Waals surface area contributed by atoms with E-state index in [0.717, 1.165) is 0 Å². The lowest BCUT2D eigenvalue weighted by Gasteiger charge is -2.22. The monoisotopic (exact) mass is 231 g/mol. The van der Waals surface area contributed by atoms with Crippen LogP contribution in [0.15, 0.2) is 0 Å². The summed E-state index contributed by atoms with van der Waals surface area (Å²) in [5, 5.41) is 19.4. The summed E-state index contributed by atoms with van der Waals surface area (Å²) in [5.74, 6) is -2.56. The summed E-state index contributed by atoms with van der Waals surface area (Å²) in [7, 11) is 0. The van der Waals surface area contributed by atoms with Crippen molar-refractivity contribution in [3.05, 3.63) is 0 Å². The summed E-state index contributed by atoms with van der Waals surface area (Å²) in [6.45, 7) is 4.64. The quantitative estimate of drug-likeness (QED) is 0.616. The van der Waals surface area contributed by atoms with Crippen LogP contribution in [0.5, 0.6) is 0 Å². The summed E-state index contributed by atoms with van der Waals surface area (Å²) in [5.41, 5.74) is -0.686. The molecule has 0 aromatic rings. The van der Waals surface area contributed by atoms with Crippen LogP contribution in [-0.4, -0.2) is 34.1 Å². The SMILES string of the molecule is CC(NC(=O)CC(C)(C)CC(=O)O)C(=O)O. The van der Waals surface area contributed by atoms with Gasteiger partial charge in [-0.1, -0.05) is 13.8 Å². The normalized spacial score (nSPS) is 12.9. The lowest BCUT2D eigenvalue weighted by Crippen LogP contribution is -2.40. The number of hydrogen-bond donors (Lipinski definition) is 3. The maximum absolute atomic E-state index is 11.4. The largest absolute Gasteiger partial charge is 0.481 e. The molecule has 0 aliphatic heterocycles. The molecule has 0 aromatic carbocycles. The summed E-state index contributed by atoms with van der Waals surface area (Å²) in [6, 6.07) is -0.965. The molecule has 92 valence electrons. The Hall–Kier alpha value is -1.59. The molecule has 0 radical (unpaired) electrons. The third kappa shape index (κ3) is 6.00. The van der Waals surface area contributed by atoms with Gasteiger partial charge in [0.05, 0.1) is 6.42 Å². The Labute approximate surface area is 93.6 Å². The number of aliphatic carboxylic acids is 2. The van der Waals surface area contributed by atoms with E-state index in [9.17, 15) is 14.4 Å².